The second kappa shape index (κ2) is 11.7. The van der Waals surface area contributed by atoms with E-state index in [4.69, 9.17) is 20.4 Å². The predicted octanol–water partition coefficient (Wildman–Crippen LogP) is 6.01. The topological polar surface area (TPSA) is 107 Å². The molecule has 2 aromatic carbocycles. The van der Waals surface area contributed by atoms with Gasteiger partial charge >= 0.3 is 5.97 Å². The van der Waals surface area contributed by atoms with Gasteiger partial charge in [-0.25, -0.2) is 15.0 Å². The summed E-state index contributed by atoms with van der Waals surface area (Å²) in [6, 6.07) is 21.0. The highest BCUT2D eigenvalue weighted by atomic mass is 16.5. The number of hydrogen-bond donors (Lipinski definition) is 2. The number of ether oxygens (including phenoxy) is 1. The molecule has 3 N–H and O–H groups in total. The fraction of sp³-hybridized carbons (Fsp3) is 0.333. The molecule has 8 nitrogen and oxygen atoms in total. The third-order valence-electron chi connectivity index (χ3n) is 8.19. The second-order valence-electron chi connectivity index (χ2n) is 10.8. The van der Waals surface area contributed by atoms with E-state index in [0.717, 1.165) is 77.0 Å². The minimum Gasteiger partial charge on any atom is -0.466 e. The highest BCUT2D eigenvalue weighted by Crippen LogP contribution is 2.40. The maximum atomic E-state index is 12.1. The molecule has 1 aliphatic carbocycles. The van der Waals surface area contributed by atoms with Crippen molar-refractivity contribution in [2.24, 2.45) is 5.92 Å². The smallest absolute Gasteiger partial charge is 0.308 e. The largest absolute Gasteiger partial charge is 0.466 e. The number of esters is 1. The van der Waals surface area contributed by atoms with Crippen LogP contribution in [-0.4, -0.2) is 44.5 Å². The summed E-state index contributed by atoms with van der Waals surface area (Å²) in [5.74, 6) is 1.64. The van der Waals surface area contributed by atoms with Gasteiger partial charge in [-0.3, -0.25) is 9.20 Å². The summed E-state index contributed by atoms with van der Waals surface area (Å²) >= 11 is 0. The summed E-state index contributed by atoms with van der Waals surface area (Å²) in [7, 11) is 0. The van der Waals surface area contributed by atoms with Crippen LogP contribution in [0.3, 0.4) is 0 Å². The van der Waals surface area contributed by atoms with Crippen LogP contribution >= 0.6 is 0 Å². The van der Waals surface area contributed by atoms with Crippen LogP contribution in [0.25, 0.3) is 38.9 Å². The van der Waals surface area contributed by atoms with E-state index >= 15 is 0 Å². The van der Waals surface area contributed by atoms with E-state index in [2.05, 4.69) is 57.2 Å². The maximum absolute atomic E-state index is 12.1. The van der Waals surface area contributed by atoms with E-state index in [9.17, 15) is 4.79 Å². The highest BCUT2D eigenvalue weighted by Gasteiger charge is 2.34. The van der Waals surface area contributed by atoms with Crippen LogP contribution in [0.5, 0.6) is 0 Å². The Kier molecular flexibility index (Phi) is 7.65. The molecule has 0 spiro atoms. The number of aromatic nitrogens is 4. The van der Waals surface area contributed by atoms with E-state index in [0.29, 0.717) is 24.4 Å². The molecule has 0 aliphatic heterocycles. The molecule has 8 heteroatoms. The summed E-state index contributed by atoms with van der Waals surface area (Å²) in [5.41, 5.74) is 12.0. The van der Waals surface area contributed by atoms with E-state index in [1.807, 2.05) is 38.2 Å². The van der Waals surface area contributed by atoms with Crippen molar-refractivity contribution in [1.29, 1.82) is 0 Å². The standard InChI is InChI=1S/C33H36N6O2/c1-3-21(33(40)41-4-2)14-15-35-26-18-25(19-26)32-38-29(30-31(34)36-16-17-39(30)32)24-11-10-23-12-13-27(37-28(23)20-24)22-8-6-5-7-9-22/h5-13,16-17,20-21,25-26,35H,3-4,14-15,18-19H2,1-2H3,(H2,34,36). The Morgan fingerprint density at radius 3 is 2.66 bits per heavy atom. The van der Waals surface area contributed by atoms with Gasteiger partial charge < -0.3 is 15.8 Å². The molecular weight excluding hydrogens is 512 g/mol. The molecule has 1 aliphatic rings. The fourth-order valence-electron chi connectivity index (χ4n) is 5.82. The van der Waals surface area contributed by atoms with Gasteiger partial charge in [0.05, 0.1) is 23.7 Å². The van der Waals surface area contributed by atoms with Crippen molar-refractivity contribution in [3.8, 4) is 22.5 Å². The molecule has 5 aromatic rings. The minimum atomic E-state index is -0.0916. The summed E-state index contributed by atoms with van der Waals surface area (Å²) < 4.78 is 7.31. The lowest BCUT2D eigenvalue weighted by atomic mass is 9.79. The van der Waals surface area contributed by atoms with Crippen molar-refractivity contribution in [3.63, 3.8) is 0 Å². The van der Waals surface area contributed by atoms with Crippen LogP contribution in [0.2, 0.25) is 0 Å². The molecule has 1 unspecified atom stereocenters. The molecular formula is C33H36N6O2. The molecule has 1 atom stereocenters. The number of pyridine rings is 1. The summed E-state index contributed by atoms with van der Waals surface area (Å²) in [6.07, 6.45) is 7.24. The quantitative estimate of drug-likeness (QED) is 0.206. The average molecular weight is 549 g/mol. The Morgan fingerprint density at radius 1 is 1.07 bits per heavy atom. The van der Waals surface area contributed by atoms with E-state index in [1.54, 1.807) is 6.20 Å². The van der Waals surface area contributed by atoms with Gasteiger partial charge in [-0.05, 0) is 51.3 Å². The molecule has 6 rings (SSSR count). The molecule has 3 aromatic heterocycles. The number of benzene rings is 2. The molecule has 0 bridgehead atoms. The number of anilines is 1. The van der Waals surface area contributed by atoms with Crippen molar-refractivity contribution in [2.45, 2.75) is 51.5 Å². The van der Waals surface area contributed by atoms with E-state index < -0.39 is 0 Å². The lowest BCUT2D eigenvalue weighted by Crippen LogP contribution is -2.41. The Morgan fingerprint density at radius 2 is 1.88 bits per heavy atom. The molecule has 3 heterocycles. The van der Waals surface area contributed by atoms with Crippen LogP contribution in [-0.2, 0) is 9.53 Å². The van der Waals surface area contributed by atoms with Crippen molar-refractivity contribution in [3.05, 3.63) is 78.9 Å². The van der Waals surface area contributed by atoms with Gasteiger partial charge in [-0.1, -0.05) is 55.5 Å². The number of nitrogens with zero attached hydrogens (tertiary/aromatic N) is 4. The first-order chi connectivity index (χ1) is 20.1. The first-order valence-corrected chi connectivity index (χ1v) is 14.5. The molecule has 210 valence electrons. The van der Waals surface area contributed by atoms with Gasteiger partial charge in [0.15, 0.2) is 0 Å². The third kappa shape index (κ3) is 5.39. The van der Waals surface area contributed by atoms with Gasteiger partial charge in [0.2, 0.25) is 0 Å². The summed E-state index contributed by atoms with van der Waals surface area (Å²) in [6.45, 7) is 5.12. The Hall–Kier alpha value is -4.30. The Balaban J connectivity index is 1.22. The lowest BCUT2D eigenvalue weighted by molar-refractivity contribution is -0.148. The minimum absolute atomic E-state index is 0.0483. The Bertz CT molecular complexity index is 1680. The van der Waals surface area contributed by atoms with Crippen molar-refractivity contribution in [1.82, 2.24) is 24.7 Å². The Labute approximate surface area is 240 Å². The fourth-order valence-corrected chi connectivity index (χ4v) is 5.82. The van der Waals surface area contributed by atoms with Crippen LogP contribution < -0.4 is 11.1 Å². The number of carbonyl (C=O) groups excluding carboxylic acids is 1. The van der Waals surface area contributed by atoms with Crippen LogP contribution in [0.4, 0.5) is 5.82 Å². The third-order valence-corrected chi connectivity index (χ3v) is 8.19. The van der Waals surface area contributed by atoms with Gasteiger partial charge in [-0.15, -0.1) is 0 Å². The number of nitrogens with one attached hydrogen (secondary N) is 1. The van der Waals surface area contributed by atoms with Crippen LogP contribution in [0.1, 0.15) is 51.3 Å². The first-order valence-electron chi connectivity index (χ1n) is 14.5. The summed E-state index contributed by atoms with van der Waals surface area (Å²) in [5, 5.41) is 4.70. The maximum Gasteiger partial charge on any atom is 0.308 e. The molecule has 0 saturated heterocycles. The second-order valence-corrected chi connectivity index (χ2v) is 10.8. The monoisotopic (exact) mass is 548 g/mol. The van der Waals surface area contributed by atoms with Gasteiger partial charge in [-0.2, -0.15) is 0 Å². The zero-order valence-electron chi connectivity index (χ0n) is 23.6. The van der Waals surface area contributed by atoms with E-state index in [-0.39, 0.29) is 11.9 Å². The van der Waals surface area contributed by atoms with E-state index in [1.165, 1.54) is 0 Å². The van der Waals surface area contributed by atoms with Crippen LogP contribution in [0.15, 0.2) is 73.1 Å². The zero-order valence-corrected chi connectivity index (χ0v) is 23.6. The number of nitrogen functional groups attached to an aromatic ring is 1. The molecule has 0 amide bonds. The number of carbonyl (C=O) groups is 1. The molecule has 41 heavy (non-hydrogen) atoms. The number of nitrogens with two attached hydrogens (primary N) is 1. The van der Waals surface area contributed by atoms with Crippen molar-refractivity contribution in [2.75, 3.05) is 18.9 Å². The van der Waals surface area contributed by atoms with Crippen molar-refractivity contribution < 1.29 is 9.53 Å². The highest BCUT2D eigenvalue weighted by molar-refractivity contribution is 5.91. The van der Waals surface area contributed by atoms with Gasteiger partial charge in [0.1, 0.15) is 22.9 Å². The summed E-state index contributed by atoms with van der Waals surface area (Å²) in [4.78, 5) is 26.6. The molecule has 1 saturated carbocycles. The SMILES string of the molecule is CCOC(=O)C(CC)CCNC1CC(c2nc(-c3ccc4ccc(-c5ccccc5)nc4c3)c3c(N)nccn23)C1. The first kappa shape index (κ1) is 26.9. The molecule has 1 fully saturated rings. The van der Waals surface area contributed by atoms with Crippen LogP contribution in [0, 0.1) is 5.92 Å². The number of imidazole rings is 1. The number of rotatable bonds is 10. The predicted molar refractivity (Wildman–Crippen MR) is 162 cm³/mol. The van der Waals surface area contributed by atoms with Gasteiger partial charge in [0.25, 0.3) is 0 Å². The number of fused-ring (bicyclic) bond motifs is 2. The number of hydrogen-bond acceptors (Lipinski definition) is 7. The lowest BCUT2D eigenvalue weighted by Gasteiger charge is -2.35. The average Bonchev–Trinajstić information content (AvgIpc) is 3.36. The molecule has 0 radical (unpaired) electrons. The van der Waals surface area contributed by atoms with Crippen molar-refractivity contribution >= 4 is 28.2 Å². The normalized spacial score (nSPS) is 17.4. The zero-order chi connectivity index (χ0) is 28.3. The van der Waals surface area contributed by atoms with Gasteiger partial charge in [0, 0.05) is 40.9 Å².